The van der Waals surface area contributed by atoms with E-state index in [9.17, 15) is 14.4 Å². The van der Waals surface area contributed by atoms with Crippen LogP contribution in [0.1, 0.15) is 47.2 Å². The first-order chi connectivity index (χ1) is 12.7. The highest BCUT2D eigenvalue weighted by atomic mass is 35.5. The molecule has 0 saturated heterocycles. The van der Waals surface area contributed by atoms with Gasteiger partial charge in [0.15, 0.2) is 12.4 Å². The van der Waals surface area contributed by atoms with Crippen LogP contribution in [-0.4, -0.2) is 34.0 Å². The van der Waals surface area contributed by atoms with Crippen LogP contribution >= 0.6 is 11.6 Å². The number of amides is 1. The van der Waals surface area contributed by atoms with Crippen molar-refractivity contribution in [2.75, 3.05) is 11.9 Å². The second-order valence-electron chi connectivity index (χ2n) is 6.59. The van der Waals surface area contributed by atoms with E-state index in [0.29, 0.717) is 29.4 Å². The van der Waals surface area contributed by atoms with Crippen molar-refractivity contribution in [2.24, 2.45) is 5.92 Å². The highest BCUT2D eigenvalue weighted by molar-refractivity contribution is 6.32. The SMILES string of the molecule is CC(=O)c1ccc(NC(=O)COC(=O)c2c(C)nn(CC(C)C)c2Cl)cc1. The zero-order valence-corrected chi connectivity index (χ0v) is 16.5. The lowest BCUT2D eigenvalue weighted by Gasteiger charge is -2.08. The van der Waals surface area contributed by atoms with Crippen molar-refractivity contribution in [1.82, 2.24) is 9.78 Å². The molecule has 1 amide bonds. The Balaban J connectivity index is 1.96. The summed E-state index contributed by atoms with van der Waals surface area (Å²) in [6.07, 6.45) is 0. The Morgan fingerprint density at radius 1 is 1.22 bits per heavy atom. The number of benzene rings is 1. The number of hydrogen-bond acceptors (Lipinski definition) is 5. The van der Waals surface area contributed by atoms with Crippen molar-refractivity contribution in [3.63, 3.8) is 0 Å². The van der Waals surface area contributed by atoms with Crippen molar-refractivity contribution in [1.29, 1.82) is 0 Å². The quantitative estimate of drug-likeness (QED) is 0.576. The molecule has 1 N–H and O–H groups in total. The molecule has 8 heteroatoms. The molecular formula is C19H22ClN3O4. The fourth-order valence-corrected chi connectivity index (χ4v) is 2.76. The van der Waals surface area contributed by atoms with Crippen LogP contribution in [0.5, 0.6) is 0 Å². The number of Topliss-reactive ketones (excluding diaryl/α,β-unsaturated/α-hetero) is 1. The molecule has 0 fully saturated rings. The first-order valence-corrected chi connectivity index (χ1v) is 8.87. The minimum absolute atomic E-state index is 0.0629. The Morgan fingerprint density at radius 2 is 1.85 bits per heavy atom. The molecule has 0 unspecified atom stereocenters. The van der Waals surface area contributed by atoms with E-state index in [1.165, 1.54) is 6.92 Å². The summed E-state index contributed by atoms with van der Waals surface area (Å²) in [5.74, 6) is -0.949. The molecule has 0 radical (unpaired) electrons. The van der Waals surface area contributed by atoms with Crippen LogP contribution in [0.2, 0.25) is 5.15 Å². The number of anilines is 1. The second kappa shape index (κ2) is 8.81. The smallest absolute Gasteiger partial charge is 0.343 e. The number of carbonyl (C=O) groups is 3. The number of nitrogens with one attached hydrogen (secondary N) is 1. The third-order valence-corrected chi connectivity index (χ3v) is 4.10. The van der Waals surface area contributed by atoms with Crippen LogP contribution in [0.25, 0.3) is 0 Å². The van der Waals surface area contributed by atoms with Crippen LogP contribution in [0.4, 0.5) is 5.69 Å². The molecule has 2 aromatic rings. The predicted octanol–water partition coefficient (Wildman–Crippen LogP) is 3.50. The minimum Gasteiger partial charge on any atom is -0.452 e. The molecule has 2 rings (SSSR count). The van der Waals surface area contributed by atoms with E-state index in [1.807, 2.05) is 13.8 Å². The van der Waals surface area contributed by atoms with Crippen LogP contribution in [-0.2, 0) is 16.1 Å². The second-order valence-corrected chi connectivity index (χ2v) is 6.94. The van der Waals surface area contributed by atoms with Gasteiger partial charge in [-0.1, -0.05) is 25.4 Å². The Morgan fingerprint density at radius 3 is 2.41 bits per heavy atom. The zero-order chi connectivity index (χ0) is 20.1. The number of halogens is 1. The van der Waals surface area contributed by atoms with E-state index in [1.54, 1.807) is 35.9 Å². The van der Waals surface area contributed by atoms with Gasteiger partial charge in [-0.05, 0) is 44.0 Å². The van der Waals surface area contributed by atoms with E-state index in [4.69, 9.17) is 16.3 Å². The first kappa shape index (κ1) is 20.6. The summed E-state index contributed by atoms with van der Waals surface area (Å²) in [6.45, 7) is 7.26. The molecule has 0 aliphatic rings. The van der Waals surface area contributed by atoms with Gasteiger partial charge >= 0.3 is 5.97 Å². The Labute approximate surface area is 162 Å². The maximum atomic E-state index is 12.3. The number of ether oxygens (including phenoxy) is 1. The van der Waals surface area contributed by atoms with Gasteiger partial charge in [-0.2, -0.15) is 5.10 Å². The van der Waals surface area contributed by atoms with Gasteiger partial charge in [0.05, 0.1) is 5.69 Å². The summed E-state index contributed by atoms with van der Waals surface area (Å²) >= 11 is 6.23. The van der Waals surface area contributed by atoms with Gasteiger partial charge in [-0.3, -0.25) is 14.3 Å². The summed E-state index contributed by atoms with van der Waals surface area (Å²) in [5.41, 5.74) is 1.66. The lowest BCUT2D eigenvalue weighted by molar-refractivity contribution is -0.119. The van der Waals surface area contributed by atoms with Crippen molar-refractivity contribution in [2.45, 2.75) is 34.2 Å². The number of aromatic nitrogens is 2. The third kappa shape index (κ3) is 5.40. The first-order valence-electron chi connectivity index (χ1n) is 8.50. The van der Waals surface area contributed by atoms with Crippen molar-refractivity contribution in [3.05, 3.63) is 46.2 Å². The third-order valence-electron chi connectivity index (χ3n) is 3.72. The standard InChI is InChI=1S/C19H22ClN3O4/c1-11(2)9-23-18(20)17(12(3)22-23)19(26)27-10-16(25)21-15-7-5-14(6-8-15)13(4)24/h5-8,11H,9-10H2,1-4H3,(H,21,25). The molecule has 0 spiro atoms. The zero-order valence-electron chi connectivity index (χ0n) is 15.7. The summed E-state index contributed by atoms with van der Waals surface area (Å²) in [5, 5.41) is 7.04. The highest BCUT2D eigenvalue weighted by Gasteiger charge is 2.22. The van der Waals surface area contributed by atoms with Crippen LogP contribution in [0.3, 0.4) is 0 Å². The summed E-state index contributed by atoms with van der Waals surface area (Å²) < 4.78 is 6.61. The average molecular weight is 392 g/mol. The van der Waals surface area contributed by atoms with E-state index < -0.39 is 18.5 Å². The molecule has 0 aliphatic heterocycles. The monoisotopic (exact) mass is 391 g/mol. The molecule has 0 bridgehead atoms. The van der Waals surface area contributed by atoms with E-state index in [2.05, 4.69) is 10.4 Å². The predicted molar refractivity (Wildman–Crippen MR) is 102 cm³/mol. The normalized spacial score (nSPS) is 10.7. The van der Waals surface area contributed by atoms with Gasteiger partial charge in [-0.15, -0.1) is 0 Å². The summed E-state index contributed by atoms with van der Waals surface area (Å²) in [6, 6.07) is 6.42. The molecule has 27 heavy (non-hydrogen) atoms. The fourth-order valence-electron chi connectivity index (χ4n) is 2.44. The lowest BCUT2D eigenvalue weighted by Crippen LogP contribution is -2.21. The Hall–Kier alpha value is -2.67. The van der Waals surface area contributed by atoms with Crippen LogP contribution in [0.15, 0.2) is 24.3 Å². The molecule has 0 aliphatic carbocycles. The van der Waals surface area contributed by atoms with Gasteiger partial charge < -0.3 is 10.1 Å². The van der Waals surface area contributed by atoms with Crippen molar-refractivity contribution in [3.8, 4) is 0 Å². The summed E-state index contributed by atoms with van der Waals surface area (Å²) in [7, 11) is 0. The maximum Gasteiger partial charge on any atom is 0.343 e. The minimum atomic E-state index is -0.699. The van der Waals surface area contributed by atoms with Crippen molar-refractivity contribution < 1.29 is 19.1 Å². The number of carbonyl (C=O) groups excluding carboxylic acids is 3. The van der Waals surface area contributed by atoms with Gasteiger partial charge in [0.1, 0.15) is 10.7 Å². The molecule has 1 heterocycles. The average Bonchev–Trinajstić information content (AvgIpc) is 2.86. The van der Waals surface area contributed by atoms with E-state index >= 15 is 0 Å². The number of ketones is 1. The molecule has 1 aromatic carbocycles. The highest BCUT2D eigenvalue weighted by Crippen LogP contribution is 2.22. The van der Waals surface area contributed by atoms with Crippen LogP contribution < -0.4 is 5.32 Å². The number of nitrogens with zero attached hydrogens (tertiary/aromatic N) is 2. The lowest BCUT2D eigenvalue weighted by atomic mass is 10.1. The van der Waals surface area contributed by atoms with E-state index in [0.717, 1.165) is 0 Å². The number of aryl methyl sites for hydroxylation is 1. The van der Waals surface area contributed by atoms with Crippen LogP contribution in [0, 0.1) is 12.8 Å². The fraction of sp³-hybridized carbons (Fsp3) is 0.368. The number of esters is 1. The molecule has 0 saturated carbocycles. The van der Waals surface area contributed by atoms with Gasteiger partial charge in [0, 0.05) is 17.8 Å². The number of hydrogen-bond donors (Lipinski definition) is 1. The molecule has 144 valence electrons. The van der Waals surface area contributed by atoms with Gasteiger partial charge in [0.25, 0.3) is 5.91 Å². The largest absolute Gasteiger partial charge is 0.452 e. The van der Waals surface area contributed by atoms with Gasteiger partial charge in [-0.25, -0.2) is 4.79 Å². The Bertz CT molecular complexity index is 857. The summed E-state index contributed by atoms with van der Waals surface area (Å²) in [4.78, 5) is 35.5. The molecule has 1 aromatic heterocycles. The van der Waals surface area contributed by atoms with Gasteiger partial charge in [0.2, 0.25) is 0 Å². The Kier molecular flexibility index (Phi) is 6.74. The molecular weight excluding hydrogens is 370 g/mol. The van der Waals surface area contributed by atoms with Crippen molar-refractivity contribution >= 4 is 34.9 Å². The topological polar surface area (TPSA) is 90.3 Å². The van der Waals surface area contributed by atoms with E-state index in [-0.39, 0.29) is 16.5 Å². The number of rotatable bonds is 7. The molecule has 7 nitrogen and oxygen atoms in total. The maximum absolute atomic E-state index is 12.3. The molecule has 0 atom stereocenters.